The highest BCUT2D eigenvalue weighted by Gasteiger charge is 2.28. The second-order valence-corrected chi connectivity index (χ2v) is 6.92. The molecule has 0 radical (unpaired) electrons. The third-order valence-corrected chi connectivity index (χ3v) is 4.85. The van der Waals surface area contributed by atoms with Crippen LogP contribution in [-0.2, 0) is 7.05 Å². The van der Waals surface area contributed by atoms with Crippen LogP contribution in [0.15, 0.2) is 10.7 Å². The Balaban J connectivity index is 2.17. The zero-order valence-corrected chi connectivity index (χ0v) is 13.9. The molecule has 0 aromatic carbocycles. The van der Waals surface area contributed by atoms with Gasteiger partial charge in [0, 0.05) is 19.0 Å². The molecule has 4 heteroatoms. The van der Waals surface area contributed by atoms with E-state index in [4.69, 9.17) is 0 Å². The smallest absolute Gasteiger partial charge is 0.0635 e. The predicted octanol–water partition coefficient (Wildman–Crippen LogP) is 3.84. The zero-order valence-electron chi connectivity index (χ0n) is 12.3. The van der Waals surface area contributed by atoms with Crippen LogP contribution in [0.1, 0.15) is 57.6 Å². The summed E-state index contributed by atoms with van der Waals surface area (Å²) in [6.45, 7) is 5.58. The monoisotopic (exact) mass is 327 g/mol. The number of hydrogen-bond donors (Lipinski definition) is 1. The first-order chi connectivity index (χ1) is 9.09. The summed E-state index contributed by atoms with van der Waals surface area (Å²) in [4.78, 5) is 0. The molecule has 1 aliphatic rings. The molecule has 0 amide bonds. The van der Waals surface area contributed by atoms with Gasteiger partial charge < -0.3 is 5.32 Å². The molecule has 1 aromatic heterocycles. The van der Waals surface area contributed by atoms with Crippen molar-refractivity contribution in [2.75, 3.05) is 6.54 Å². The molecule has 1 saturated carbocycles. The van der Waals surface area contributed by atoms with Gasteiger partial charge in [-0.15, -0.1) is 0 Å². The summed E-state index contributed by atoms with van der Waals surface area (Å²) in [6, 6.07) is 0.568. The van der Waals surface area contributed by atoms with Gasteiger partial charge in [0.05, 0.1) is 16.4 Å². The van der Waals surface area contributed by atoms with E-state index in [0.717, 1.165) is 12.5 Å². The van der Waals surface area contributed by atoms with Gasteiger partial charge in [0.15, 0.2) is 0 Å². The van der Waals surface area contributed by atoms with Crippen molar-refractivity contribution in [3.63, 3.8) is 0 Å². The Morgan fingerprint density at radius 3 is 2.74 bits per heavy atom. The average molecular weight is 328 g/mol. The van der Waals surface area contributed by atoms with E-state index in [1.807, 2.05) is 6.20 Å². The normalized spacial score (nSPS) is 24.7. The minimum Gasteiger partial charge on any atom is -0.314 e. The van der Waals surface area contributed by atoms with E-state index in [1.165, 1.54) is 42.3 Å². The first kappa shape index (κ1) is 15.0. The molecule has 3 nitrogen and oxygen atoms in total. The van der Waals surface area contributed by atoms with E-state index >= 15 is 0 Å². The molecule has 1 aromatic rings. The maximum Gasteiger partial charge on any atom is 0.0635 e. The second kappa shape index (κ2) is 6.89. The molecule has 2 unspecified atom stereocenters. The highest BCUT2D eigenvalue weighted by atomic mass is 79.9. The van der Waals surface area contributed by atoms with Gasteiger partial charge >= 0.3 is 0 Å². The third-order valence-electron chi connectivity index (χ3n) is 4.24. The van der Waals surface area contributed by atoms with Gasteiger partial charge in [-0.1, -0.05) is 33.1 Å². The Hall–Kier alpha value is -0.350. The molecule has 0 saturated heterocycles. The Kier molecular flexibility index (Phi) is 5.46. The quantitative estimate of drug-likeness (QED) is 0.851. The van der Waals surface area contributed by atoms with Crippen LogP contribution in [0, 0.1) is 5.92 Å². The summed E-state index contributed by atoms with van der Waals surface area (Å²) < 4.78 is 3.24. The van der Waals surface area contributed by atoms with Gasteiger partial charge in [-0.05, 0) is 41.2 Å². The number of nitrogens with one attached hydrogen (secondary N) is 1. The molecule has 1 aliphatic carbocycles. The van der Waals surface area contributed by atoms with Crippen molar-refractivity contribution in [3.05, 3.63) is 16.4 Å². The standard InChI is InChI=1S/C15H26BrN3/c1-11(2)17-9-12-7-5-4-6-8-13(12)15-14(16)10-18-19(15)3/h10-13,17H,4-9H2,1-3H3. The summed E-state index contributed by atoms with van der Waals surface area (Å²) in [6.07, 6.45) is 8.67. The van der Waals surface area contributed by atoms with Crippen LogP contribution in [0.3, 0.4) is 0 Å². The van der Waals surface area contributed by atoms with Gasteiger partial charge in [0.25, 0.3) is 0 Å². The number of halogens is 1. The molecular weight excluding hydrogens is 302 g/mol. The maximum absolute atomic E-state index is 4.40. The van der Waals surface area contributed by atoms with Gasteiger partial charge in [-0.2, -0.15) is 5.10 Å². The van der Waals surface area contributed by atoms with E-state index < -0.39 is 0 Å². The molecule has 1 N–H and O–H groups in total. The van der Waals surface area contributed by atoms with Crippen molar-refractivity contribution in [2.45, 2.75) is 57.9 Å². The topological polar surface area (TPSA) is 29.9 Å². The van der Waals surface area contributed by atoms with Crippen LogP contribution in [0.5, 0.6) is 0 Å². The van der Waals surface area contributed by atoms with E-state index in [-0.39, 0.29) is 0 Å². The van der Waals surface area contributed by atoms with Crippen LogP contribution >= 0.6 is 15.9 Å². The predicted molar refractivity (Wildman–Crippen MR) is 83.4 cm³/mol. The molecule has 19 heavy (non-hydrogen) atoms. The van der Waals surface area contributed by atoms with Crippen molar-refractivity contribution < 1.29 is 0 Å². The maximum atomic E-state index is 4.40. The van der Waals surface area contributed by atoms with E-state index in [9.17, 15) is 0 Å². The lowest BCUT2D eigenvalue weighted by molar-refractivity contribution is 0.350. The number of aromatic nitrogens is 2. The zero-order chi connectivity index (χ0) is 13.8. The number of nitrogens with zero attached hydrogens (tertiary/aromatic N) is 2. The Morgan fingerprint density at radius 1 is 1.37 bits per heavy atom. The average Bonchev–Trinajstić information content (AvgIpc) is 2.58. The van der Waals surface area contributed by atoms with Crippen molar-refractivity contribution in [3.8, 4) is 0 Å². The van der Waals surface area contributed by atoms with Gasteiger partial charge in [0.1, 0.15) is 0 Å². The third kappa shape index (κ3) is 3.82. The van der Waals surface area contributed by atoms with Crippen LogP contribution in [0.2, 0.25) is 0 Å². The van der Waals surface area contributed by atoms with Crippen LogP contribution in [-0.4, -0.2) is 22.4 Å². The Labute approximate surface area is 125 Å². The highest BCUT2D eigenvalue weighted by molar-refractivity contribution is 9.10. The first-order valence-corrected chi connectivity index (χ1v) is 8.29. The molecule has 108 valence electrons. The van der Waals surface area contributed by atoms with Crippen molar-refractivity contribution in [1.82, 2.24) is 15.1 Å². The van der Waals surface area contributed by atoms with Crippen molar-refractivity contribution >= 4 is 15.9 Å². The molecule has 2 rings (SSSR count). The van der Waals surface area contributed by atoms with Crippen LogP contribution in [0.25, 0.3) is 0 Å². The number of aryl methyl sites for hydroxylation is 1. The fourth-order valence-electron chi connectivity index (χ4n) is 3.21. The molecular formula is C15H26BrN3. The summed E-state index contributed by atoms with van der Waals surface area (Å²) in [5, 5.41) is 8.03. The minimum atomic E-state index is 0.568. The van der Waals surface area contributed by atoms with E-state index in [1.54, 1.807) is 0 Å². The van der Waals surface area contributed by atoms with Gasteiger partial charge in [0.2, 0.25) is 0 Å². The van der Waals surface area contributed by atoms with E-state index in [2.05, 4.69) is 51.9 Å². The summed E-state index contributed by atoms with van der Waals surface area (Å²) in [5.74, 6) is 1.37. The lowest BCUT2D eigenvalue weighted by Crippen LogP contribution is -2.32. The Bertz CT molecular complexity index is 381. The van der Waals surface area contributed by atoms with Gasteiger partial charge in [-0.25, -0.2) is 0 Å². The fourth-order valence-corrected chi connectivity index (χ4v) is 3.86. The minimum absolute atomic E-state index is 0.568. The van der Waals surface area contributed by atoms with Crippen molar-refractivity contribution in [2.24, 2.45) is 13.0 Å². The highest BCUT2D eigenvalue weighted by Crippen LogP contribution is 2.39. The largest absolute Gasteiger partial charge is 0.314 e. The van der Waals surface area contributed by atoms with Crippen LogP contribution < -0.4 is 5.32 Å². The second-order valence-electron chi connectivity index (χ2n) is 6.07. The molecule has 0 spiro atoms. The summed E-state index contributed by atoms with van der Waals surface area (Å²) in [5.41, 5.74) is 1.39. The molecule has 1 fully saturated rings. The van der Waals surface area contributed by atoms with Crippen LogP contribution in [0.4, 0.5) is 0 Å². The Morgan fingerprint density at radius 2 is 2.11 bits per heavy atom. The summed E-state index contributed by atoms with van der Waals surface area (Å²) in [7, 11) is 2.07. The van der Waals surface area contributed by atoms with E-state index in [0.29, 0.717) is 12.0 Å². The lowest BCUT2D eigenvalue weighted by atomic mass is 9.85. The summed E-state index contributed by atoms with van der Waals surface area (Å²) >= 11 is 3.68. The first-order valence-electron chi connectivity index (χ1n) is 7.50. The van der Waals surface area contributed by atoms with Crippen molar-refractivity contribution in [1.29, 1.82) is 0 Å². The fraction of sp³-hybridized carbons (Fsp3) is 0.800. The molecule has 0 aliphatic heterocycles. The van der Waals surface area contributed by atoms with Gasteiger partial charge in [-0.3, -0.25) is 4.68 Å². The number of rotatable bonds is 4. The molecule has 1 heterocycles. The number of hydrogen-bond acceptors (Lipinski definition) is 2. The lowest BCUT2D eigenvalue weighted by Gasteiger charge is -2.27. The SMILES string of the molecule is CC(C)NCC1CCCCCC1c1c(Br)cnn1C. The molecule has 0 bridgehead atoms. The molecule has 2 atom stereocenters.